The molecule has 3 rings (SSSR count). The molecule has 0 fully saturated rings. The topological polar surface area (TPSA) is 78.0 Å². The summed E-state index contributed by atoms with van der Waals surface area (Å²) >= 11 is 0. The predicted molar refractivity (Wildman–Crippen MR) is 81.0 cm³/mol. The van der Waals surface area contributed by atoms with E-state index in [9.17, 15) is 19.3 Å². The SMILES string of the molecule is O=Cc1cn(-c2ccccc2F)nc1-c1ccc([N+](=O)[O-])cc1. The first-order valence-electron chi connectivity index (χ1n) is 6.64. The van der Waals surface area contributed by atoms with Gasteiger partial charge in [-0.05, 0) is 24.3 Å². The highest BCUT2D eigenvalue weighted by atomic mass is 19.1. The van der Waals surface area contributed by atoms with Gasteiger partial charge in [0, 0.05) is 23.9 Å². The van der Waals surface area contributed by atoms with Gasteiger partial charge in [-0.2, -0.15) is 5.10 Å². The van der Waals surface area contributed by atoms with Crippen molar-refractivity contribution in [1.29, 1.82) is 0 Å². The van der Waals surface area contributed by atoms with Gasteiger partial charge in [0.1, 0.15) is 17.2 Å². The molecule has 1 aromatic heterocycles. The lowest BCUT2D eigenvalue weighted by Crippen LogP contribution is -1.98. The summed E-state index contributed by atoms with van der Waals surface area (Å²) in [4.78, 5) is 21.4. The van der Waals surface area contributed by atoms with E-state index in [1.807, 2.05) is 0 Å². The van der Waals surface area contributed by atoms with Crippen molar-refractivity contribution < 1.29 is 14.1 Å². The molecule has 0 aliphatic heterocycles. The normalized spacial score (nSPS) is 10.5. The van der Waals surface area contributed by atoms with Crippen LogP contribution in [0.4, 0.5) is 10.1 Å². The largest absolute Gasteiger partial charge is 0.298 e. The lowest BCUT2D eigenvalue weighted by molar-refractivity contribution is -0.384. The van der Waals surface area contributed by atoms with Crippen LogP contribution in [0.5, 0.6) is 0 Å². The summed E-state index contributed by atoms with van der Waals surface area (Å²) in [7, 11) is 0. The number of carbonyl (C=O) groups excluding carboxylic acids is 1. The third-order valence-corrected chi connectivity index (χ3v) is 3.32. The molecule has 0 aliphatic rings. The summed E-state index contributed by atoms with van der Waals surface area (Å²) < 4.78 is 15.1. The maximum Gasteiger partial charge on any atom is 0.269 e. The van der Waals surface area contributed by atoms with Gasteiger partial charge in [0.2, 0.25) is 0 Å². The molecular formula is C16H10FN3O3. The Balaban J connectivity index is 2.08. The lowest BCUT2D eigenvalue weighted by Gasteiger charge is -2.02. The minimum absolute atomic E-state index is 0.0602. The fourth-order valence-electron chi connectivity index (χ4n) is 2.20. The summed E-state index contributed by atoms with van der Waals surface area (Å²) in [5.41, 5.74) is 1.28. The maximum atomic E-state index is 13.8. The monoisotopic (exact) mass is 311 g/mol. The Morgan fingerprint density at radius 1 is 1.13 bits per heavy atom. The van der Waals surface area contributed by atoms with Gasteiger partial charge in [-0.15, -0.1) is 0 Å². The van der Waals surface area contributed by atoms with E-state index in [0.29, 0.717) is 17.5 Å². The van der Waals surface area contributed by atoms with Gasteiger partial charge in [-0.25, -0.2) is 9.07 Å². The molecule has 0 bridgehead atoms. The fraction of sp³-hybridized carbons (Fsp3) is 0. The molecule has 0 aliphatic carbocycles. The van der Waals surface area contributed by atoms with E-state index in [-0.39, 0.29) is 16.9 Å². The second kappa shape index (κ2) is 5.80. The number of rotatable bonds is 4. The number of benzene rings is 2. The third-order valence-electron chi connectivity index (χ3n) is 3.32. The highest BCUT2D eigenvalue weighted by Gasteiger charge is 2.14. The molecule has 0 spiro atoms. The number of non-ortho nitro benzene ring substituents is 1. The molecule has 6 nitrogen and oxygen atoms in total. The van der Waals surface area contributed by atoms with Gasteiger partial charge in [0.05, 0.1) is 10.5 Å². The van der Waals surface area contributed by atoms with Crippen LogP contribution in [0.25, 0.3) is 16.9 Å². The van der Waals surface area contributed by atoms with Gasteiger partial charge < -0.3 is 0 Å². The number of aromatic nitrogens is 2. The number of halogens is 1. The van der Waals surface area contributed by atoms with Crippen molar-refractivity contribution in [3.8, 4) is 16.9 Å². The quantitative estimate of drug-likeness (QED) is 0.420. The number of hydrogen-bond acceptors (Lipinski definition) is 4. The number of nitrogens with zero attached hydrogens (tertiary/aromatic N) is 3. The summed E-state index contributed by atoms with van der Waals surface area (Å²) in [5, 5.41) is 14.9. The van der Waals surface area contributed by atoms with Crippen LogP contribution in [-0.4, -0.2) is 21.0 Å². The molecule has 7 heteroatoms. The number of nitro benzene ring substituents is 1. The van der Waals surface area contributed by atoms with Gasteiger partial charge in [-0.3, -0.25) is 14.9 Å². The summed E-state index contributed by atoms with van der Waals surface area (Å²) in [6.07, 6.45) is 2.03. The van der Waals surface area contributed by atoms with Crippen LogP contribution in [0.15, 0.2) is 54.7 Å². The minimum Gasteiger partial charge on any atom is -0.298 e. The minimum atomic E-state index is -0.512. The van der Waals surface area contributed by atoms with Crippen LogP contribution >= 0.6 is 0 Å². The Labute approximate surface area is 129 Å². The van der Waals surface area contributed by atoms with Crippen molar-refractivity contribution in [2.24, 2.45) is 0 Å². The highest BCUT2D eigenvalue weighted by Crippen LogP contribution is 2.25. The molecule has 2 aromatic carbocycles. The van der Waals surface area contributed by atoms with Gasteiger partial charge in [0.15, 0.2) is 6.29 Å². The van der Waals surface area contributed by atoms with Crippen LogP contribution < -0.4 is 0 Å². The number of aldehydes is 1. The second-order valence-corrected chi connectivity index (χ2v) is 4.75. The summed E-state index contributed by atoms with van der Waals surface area (Å²) in [6, 6.07) is 11.7. The average Bonchev–Trinajstić information content (AvgIpc) is 2.99. The molecule has 3 aromatic rings. The Morgan fingerprint density at radius 3 is 2.43 bits per heavy atom. The Hall–Kier alpha value is -3.35. The van der Waals surface area contributed by atoms with Gasteiger partial charge in [-0.1, -0.05) is 12.1 Å². The van der Waals surface area contributed by atoms with Crippen LogP contribution in [-0.2, 0) is 0 Å². The molecule has 0 amide bonds. The lowest BCUT2D eigenvalue weighted by atomic mass is 10.1. The van der Waals surface area contributed by atoms with Crippen LogP contribution in [0.1, 0.15) is 10.4 Å². The van der Waals surface area contributed by atoms with Crippen molar-refractivity contribution >= 4 is 12.0 Å². The predicted octanol–water partition coefficient (Wildman–Crippen LogP) is 3.40. The average molecular weight is 311 g/mol. The van der Waals surface area contributed by atoms with Crippen molar-refractivity contribution in [3.05, 3.63) is 76.2 Å². The zero-order valence-corrected chi connectivity index (χ0v) is 11.7. The second-order valence-electron chi connectivity index (χ2n) is 4.75. The van der Waals surface area contributed by atoms with Gasteiger partial charge >= 0.3 is 0 Å². The van der Waals surface area contributed by atoms with Crippen molar-refractivity contribution in [3.63, 3.8) is 0 Å². The van der Waals surface area contributed by atoms with E-state index in [2.05, 4.69) is 5.10 Å². The zero-order chi connectivity index (χ0) is 16.4. The molecule has 0 saturated carbocycles. The number of carbonyl (C=O) groups is 1. The molecule has 0 saturated heterocycles. The number of nitro groups is 1. The van der Waals surface area contributed by atoms with E-state index in [0.717, 1.165) is 0 Å². The van der Waals surface area contributed by atoms with E-state index < -0.39 is 10.7 Å². The zero-order valence-electron chi connectivity index (χ0n) is 11.7. The smallest absolute Gasteiger partial charge is 0.269 e. The third kappa shape index (κ3) is 2.71. The Morgan fingerprint density at radius 2 is 1.83 bits per heavy atom. The molecule has 0 unspecified atom stereocenters. The summed E-state index contributed by atoms with van der Waals surface area (Å²) in [6.45, 7) is 0. The first-order valence-corrected chi connectivity index (χ1v) is 6.64. The van der Waals surface area contributed by atoms with Crippen molar-refractivity contribution in [1.82, 2.24) is 9.78 Å². The number of hydrogen-bond donors (Lipinski definition) is 0. The Kier molecular flexibility index (Phi) is 3.68. The van der Waals surface area contributed by atoms with Crippen LogP contribution in [0, 0.1) is 15.9 Å². The van der Waals surface area contributed by atoms with E-state index in [1.165, 1.54) is 47.3 Å². The first kappa shape index (κ1) is 14.6. The van der Waals surface area contributed by atoms with E-state index in [1.54, 1.807) is 12.1 Å². The van der Waals surface area contributed by atoms with Crippen LogP contribution in [0.3, 0.4) is 0 Å². The van der Waals surface area contributed by atoms with E-state index >= 15 is 0 Å². The van der Waals surface area contributed by atoms with Crippen LogP contribution in [0.2, 0.25) is 0 Å². The Bertz CT molecular complexity index is 888. The highest BCUT2D eigenvalue weighted by molar-refractivity contribution is 5.85. The summed E-state index contributed by atoms with van der Waals surface area (Å²) in [5.74, 6) is -0.470. The molecule has 114 valence electrons. The molecule has 23 heavy (non-hydrogen) atoms. The van der Waals surface area contributed by atoms with Gasteiger partial charge in [0.25, 0.3) is 5.69 Å². The molecule has 0 N–H and O–H groups in total. The molecule has 0 radical (unpaired) electrons. The van der Waals surface area contributed by atoms with Crippen molar-refractivity contribution in [2.45, 2.75) is 0 Å². The standard InChI is InChI=1S/C16H10FN3O3/c17-14-3-1-2-4-15(14)19-9-12(10-21)16(18-19)11-5-7-13(8-6-11)20(22)23/h1-10H. The van der Waals surface area contributed by atoms with Crippen molar-refractivity contribution in [2.75, 3.05) is 0 Å². The maximum absolute atomic E-state index is 13.8. The fourth-order valence-corrected chi connectivity index (χ4v) is 2.20. The molecule has 1 heterocycles. The molecule has 0 atom stereocenters. The first-order chi connectivity index (χ1) is 11.1. The number of para-hydroxylation sites is 1. The molecular weight excluding hydrogens is 301 g/mol. The van der Waals surface area contributed by atoms with E-state index in [4.69, 9.17) is 0 Å².